The molecule has 0 aliphatic carbocycles. The summed E-state index contributed by atoms with van der Waals surface area (Å²) >= 11 is 0. The molecule has 10 nitrogen and oxygen atoms in total. The number of carbonyl (C=O) groups is 4. The van der Waals surface area contributed by atoms with Gasteiger partial charge in [-0.2, -0.15) is 0 Å². The average Bonchev–Trinajstić information content (AvgIpc) is 2.88. The largest absolute Gasteiger partial charge is 0.508 e. The van der Waals surface area contributed by atoms with Crippen LogP contribution in [0.15, 0.2) is 54.6 Å². The number of aromatic hydroxyl groups is 1. The van der Waals surface area contributed by atoms with Gasteiger partial charge in [-0.05, 0) is 56.9 Å². The van der Waals surface area contributed by atoms with Crippen molar-refractivity contribution >= 4 is 23.9 Å². The molecule has 0 spiro atoms. The number of carbonyl (C=O) groups excluding carboxylic acids is 3. The van der Waals surface area contributed by atoms with Crippen LogP contribution in [0, 0.1) is 5.92 Å². The number of aliphatic carboxylic acids is 1. The van der Waals surface area contributed by atoms with Gasteiger partial charge in [-0.15, -0.1) is 0 Å². The lowest BCUT2D eigenvalue weighted by Gasteiger charge is -2.34. The van der Waals surface area contributed by atoms with E-state index in [-0.39, 0.29) is 30.4 Å². The maximum atomic E-state index is 13.4. The molecule has 0 radical (unpaired) electrons. The van der Waals surface area contributed by atoms with E-state index in [1.165, 1.54) is 12.1 Å². The minimum atomic E-state index is -1.15. The highest BCUT2D eigenvalue weighted by Crippen LogP contribution is 2.20. The number of nitrogens with zero attached hydrogens (tertiary/aromatic N) is 1. The summed E-state index contributed by atoms with van der Waals surface area (Å²) in [7, 11) is 0. The van der Waals surface area contributed by atoms with E-state index >= 15 is 0 Å². The summed E-state index contributed by atoms with van der Waals surface area (Å²) in [6.07, 6.45) is 0.424. The Morgan fingerprint density at radius 3 is 2.03 bits per heavy atom. The van der Waals surface area contributed by atoms with Crippen LogP contribution < -0.4 is 10.6 Å². The zero-order valence-corrected chi connectivity index (χ0v) is 22.6. The van der Waals surface area contributed by atoms with Crippen LogP contribution in [0.5, 0.6) is 5.75 Å². The van der Waals surface area contributed by atoms with Crippen molar-refractivity contribution in [1.29, 1.82) is 0 Å². The van der Waals surface area contributed by atoms with Gasteiger partial charge < -0.3 is 30.5 Å². The van der Waals surface area contributed by atoms with Gasteiger partial charge in [0.2, 0.25) is 11.8 Å². The maximum Gasteiger partial charge on any atom is 0.408 e. The first kappa shape index (κ1) is 29.5. The number of nitrogens with one attached hydrogen (secondary N) is 2. The fourth-order valence-corrected chi connectivity index (χ4v) is 4.44. The number of hydrogen-bond donors (Lipinski definition) is 4. The maximum absolute atomic E-state index is 13.4. The summed E-state index contributed by atoms with van der Waals surface area (Å²) in [6, 6.07) is 13.5. The SMILES string of the molecule is CC(C)(C)OC(=O)N[C@@H](Cc1ccccc1)C(=O)N1CCC(C(=O)N[C@@H](Cc2ccc(O)cc2)C(=O)O)CC1. The van der Waals surface area contributed by atoms with Crippen molar-refractivity contribution in [1.82, 2.24) is 15.5 Å². The highest BCUT2D eigenvalue weighted by molar-refractivity contribution is 5.87. The summed E-state index contributed by atoms with van der Waals surface area (Å²) < 4.78 is 5.36. The van der Waals surface area contributed by atoms with Crippen LogP contribution in [0.1, 0.15) is 44.7 Å². The molecule has 2 atom stereocenters. The molecule has 0 saturated carbocycles. The zero-order valence-electron chi connectivity index (χ0n) is 22.6. The number of phenols is 1. The fourth-order valence-electron chi connectivity index (χ4n) is 4.44. The van der Waals surface area contributed by atoms with Crippen LogP contribution in [-0.4, -0.2) is 69.8 Å². The molecule has 1 heterocycles. The number of hydrogen-bond acceptors (Lipinski definition) is 6. The van der Waals surface area contributed by atoms with Crippen LogP contribution in [0.25, 0.3) is 0 Å². The molecule has 1 aliphatic heterocycles. The van der Waals surface area contributed by atoms with Crippen LogP contribution in [-0.2, 0) is 32.0 Å². The molecule has 0 unspecified atom stereocenters. The number of phenolic OH excluding ortho intramolecular Hbond substituents is 1. The van der Waals surface area contributed by atoms with Crippen molar-refractivity contribution in [3.05, 3.63) is 65.7 Å². The van der Waals surface area contributed by atoms with E-state index in [0.717, 1.165) is 5.56 Å². The molecule has 0 bridgehead atoms. The normalized spacial score (nSPS) is 15.6. The number of rotatable bonds is 9. The third kappa shape index (κ3) is 9.31. The summed E-state index contributed by atoms with van der Waals surface area (Å²) in [5.41, 5.74) is 0.837. The van der Waals surface area contributed by atoms with Gasteiger partial charge >= 0.3 is 12.1 Å². The molecular formula is C29H37N3O7. The van der Waals surface area contributed by atoms with Gasteiger partial charge in [0, 0.05) is 31.8 Å². The second-order valence-corrected chi connectivity index (χ2v) is 10.8. The van der Waals surface area contributed by atoms with E-state index in [0.29, 0.717) is 31.5 Å². The van der Waals surface area contributed by atoms with Crippen LogP contribution in [0.4, 0.5) is 4.79 Å². The lowest BCUT2D eigenvalue weighted by Crippen LogP contribution is -2.53. The van der Waals surface area contributed by atoms with Crippen molar-refractivity contribution in [3.8, 4) is 5.75 Å². The first-order valence-corrected chi connectivity index (χ1v) is 13.0. The molecule has 1 fully saturated rings. The number of carboxylic acid groups (broad SMARTS) is 1. The monoisotopic (exact) mass is 539 g/mol. The Balaban J connectivity index is 1.60. The number of benzene rings is 2. The first-order valence-electron chi connectivity index (χ1n) is 13.0. The molecule has 210 valence electrons. The molecule has 3 amide bonds. The minimum Gasteiger partial charge on any atom is -0.508 e. The topological polar surface area (TPSA) is 145 Å². The molecule has 1 aliphatic rings. The molecule has 4 N–H and O–H groups in total. The molecular weight excluding hydrogens is 502 g/mol. The number of carboxylic acids is 1. The number of ether oxygens (including phenoxy) is 1. The smallest absolute Gasteiger partial charge is 0.408 e. The zero-order chi connectivity index (χ0) is 28.6. The van der Waals surface area contributed by atoms with E-state index < -0.39 is 35.7 Å². The summed E-state index contributed by atoms with van der Waals surface area (Å²) in [5, 5.41) is 24.4. The lowest BCUT2D eigenvalue weighted by atomic mass is 9.94. The van der Waals surface area contributed by atoms with Gasteiger partial charge in [0.1, 0.15) is 23.4 Å². The van der Waals surface area contributed by atoms with Gasteiger partial charge in [0.05, 0.1) is 0 Å². The number of likely N-dealkylation sites (tertiary alicyclic amines) is 1. The third-order valence-electron chi connectivity index (χ3n) is 6.44. The Kier molecular flexibility index (Phi) is 9.92. The van der Waals surface area contributed by atoms with Crippen molar-refractivity contribution in [2.45, 2.75) is 64.1 Å². The molecule has 0 aromatic heterocycles. The second kappa shape index (κ2) is 13.1. The Morgan fingerprint density at radius 2 is 1.46 bits per heavy atom. The summed E-state index contributed by atoms with van der Waals surface area (Å²) in [4.78, 5) is 52.2. The van der Waals surface area contributed by atoms with Crippen molar-refractivity contribution in [2.75, 3.05) is 13.1 Å². The van der Waals surface area contributed by atoms with E-state index in [1.807, 2.05) is 30.3 Å². The molecule has 10 heteroatoms. The first-order chi connectivity index (χ1) is 18.4. The van der Waals surface area contributed by atoms with Crippen LogP contribution >= 0.6 is 0 Å². The van der Waals surface area contributed by atoms with Crippen molar-refractivity contribution < 1.29 is 34.1 Å². The number of alkyl carbamates (subject to hydrolysis) is 1. The standard InChI is InChI=1S/C29H37N3O7/c1-29(2,3)39-28(38)31-23(17-19-7-5-4-6-8-19)26(35)32-15-13-21(14-16-32)25(34)30-24(27(36)37)18-20-9-11-22(33)12-10-20/h4-12,21,23-24,33H,13-18H2,1-3H3,(H,30,34)(H,31,38)(H,36,37)/t23-,24-/m0/s1. The van der Waals surface area contributed by atoms with Gasteiger partial charge in [-0.3, -0.25) is 9.59 Å². The Hall–Kier alpha value is -4.08. The van der Waals surface area contributed by atoms with Gasteiger partial charge in [0.15, 0.2) is 0 Å². The van der Waals surface area contributed by atoms with Crippen molar-refractivity contribution in [2.24, 2.45) is 5.92 Å². The highest BCUT2D eigenvalue weighted by atomic mass is 16.6. The molecule has 2 aromatic carbocycles. The van der Waals surface area contributed by atoms with E-state index in [9.17, 15) is 29.4 Å². The van der Waals surface area contributed by atoms with E-state index in [2.05, 4.69) is 10.6 Å². The molecule has 2 aromatic rings. The fraction of sp³-hybridized carbons (Fsp3) is 0.448. The Labute approximate surface area is 228 Å². The molecule has 3 rings (SSSR count). The molecule has 39 heavy (non-hydrogen) atoms. The van der Waals surface area contributed by atoms with Crippen LogP contribution in [0.3, 0.4) is 0 Å². The van der Waals surface area contributed by atoms with Gasteiger partial charge in [-0.1, -0.05) is 42.5 Å². The summed E-state index contributed by atoms with van der Waals surface area (Å²) in [5.74, 6) is -2.16. The van der Waals surface area contributed by atoms with Crippen LogP contribution in [0.2, 0.25) is 0 Å². The average molecular weight is 540 g/mol. The Morgan fingerprint density at radius 1 is 0.897 bits per heavy atom. The van der Waals surface area contributed by atoms with E-state index in [4.69, 9.17) is 4.74 Å². The number of amides is 3. The minimum absolute atomic E-state index is 0.0725. The summed E-state index contributed by atoms with van der Waals surface area (Å²) in [6.45, 7) is 5.84. The number of piperidine rings is 1. The highest BCUT2D eigenvalue weighted by Gasteiger charge is 2.34. The predicted octanol–water partition coefficient (Wildman–Crippen LogP) is 2.88. The molecule has 1 saturated heterocycles. The van der Waals surface area contributed by atoms with Gasteiger partial charge in [0.25, 0.3) is 0 Å². The van der Waals surface area contributed by atoms with E-state index in [1.54, 1.807) is 37.8 Å². The lowest BCUT2D eigenvalue weighted by molar-refractivity contribution is -0.143. The quantitative estimate of drug-likeness (QED) is 0.383. The van der Waals surface area contributed by atoms with Gasteiger partial charge in [-0.25, -0.2) is 9.59 Å². The predicted molar refractivity (Wildman–Crippen MR) is 144 cm³/mol. The Bertz CT molecular complexity index is 1140. The second-order valence-electron chi connectivity index (χ2n) is 10.8. The third-order valence-corrected chi connectivity index (χ3v) is 6.44. The van der Waals surface area contributed by atoms with Crippen molar-refractivity contribution in [3.63, 3.8) is 0 Å².